The highest BCUT2D eigenvalue weighted by Crippen LogP contribution is 2.58. The van der Waals surface area contributed by atoms with Gasteiger partial charge in [0.15, 0.2) is 0 Å². The van der Waals surface area contributed by atoms with Crippen molar-refractivity contribution in [1.29, 1.82) is 0 Å². The first kappa shape index (κ1) is 12.9. The van der Waals surface area contributed by atoms with E-state index < -0.39 is 0 Å². The average Bonchev–Trinajstić information content (AvgIpc) is 2.79. The molecule has 1 heterocycles. The molecule has 1 atom stereocenters. The van der Waals surface area contributed by atoms with Crippen LogP contribution in [0.5, 0.6) is 0 Å². The highest BCUT2D eigenvalue weighted by molar-refractivity contribution is 5.22. The second kappa shape index (κ2) is 4.33. The Kier molecular flexibility index (Phi) is 2.79. The first-order chi connectivity index (χ1) is 9.59. The van der Waals surface area contributed by atoms with Gasteiger partial charge in [-0.3, -0.25) is 4.68 Å². The summed E-state index contributed by atoms with van der Waals surface area (Å²) in [5.41, 5.74) is 8.76. The minimum atomic E-state index is 0.353. The molecule has 3 heteroatoms. The zero-order valence-corrected chi connectivity index (χ0v) is 12.8. The number of aryl methyl sites for hydroxylation is 1. The number of nitrogens with zero attached hydrogens (tertiary/aromatic N) is 2. The molecule has 20 heavy (non-hydrogen) atoms. The third-order valence-electron chi connectivity index (χ3n) is 6.31. The minimum Gasteiger partial charge on any atom is -0.330 e. The van der Waals surface area contributed by atoms with Gasteiger partial charge in [0.1, 0.15) is 0 Å². The summed E-state index contributed by atoms with van der Waals surface area (Å²) in [6.45, 7) is 5.08. The zero-order valence-electron chi connectivity index (χ0n) is 12.8. The molecule has 0 aromatic carbocycles. The number of hydrogen-bond donors (Lipinski definition) is 1. The Labute approximate surface area is 121 Å². The number of aromatic nitrogens is 2. The Morgan fingerprint density at radius 3 is 2.30 bits per heavy atom. The quantitative estimate of drug-likeness (QED) is 0.919. The van der Waals surface area contributed by atoms with Crippen LogP contribution in [0.2, 0.25) is 0 Å². The van der Waals surface area contributed by atoms with Crippen LogP contribution in [0.4, 0.5) is 0 Å². The van der Waals surface area contributed by atoms with Crippen molar-refractivity contribution in [3.63, 3.8) is 0 Å². The van der Waals surface area contributed by atoms with Gasteiger partial charge in [0.05, 0.1) is 11.2 Å². The lowest BCUT2D eigenvalue weighted by Gasteiger charge is -2.56. The lowest BCUT2D eigenvalue weighted by molar-refractivity contribution is -0.0495. The van der Waals surface area contributed by atoms with Crippen molar-refractivity contribution in [3.8, 4) is 0 Å². The van der Waals surface area contributed by atoms with Crippen molar-refractivity contribution in [2.75, 3.05) is 6.54 Å². The predicted molar refractivity (Wildman–Crippen MR) is 80.6 cm³/mol. The van der Waals surface area contributed by atoms with E-state index in [9.17, 15) is 0 Å². The van der Waals surface area contributed by atoms with E-state index in [1.807, 2.05) is 0 Å². The van der Waals surface area contributed by atoms with Gasteiger partial charge in [-0.1, -0.05) is 6.92 Å². The van der Waals surface area contributed by atoms with Crippen molar-refractivity contribution in [1.82, 2.24) is 9.78 Å². The summed E-state index contributed by atoms with van der Waals surface area (Å²) in [5.74, 6) is 3.35. The topological polar surface area (TPSA) is 43.8 Å². The van der Waals surface area contributed by atoms with Crippen LogP contribution in [-0.2, 0) is 5.54 Å². The molecule has 3 nitrogen and oxygen atoms in total. The molecule has 0 spiro atoms. The van der Waals surface area contributed by atoms with Crippen LogP contribution in [0.3, 0.4) is 0 Å². The predicted octanol–water partition coefficient (Wildman–Crippen LogP) is 3.18. The van der Waals surface area contributed by atoms with E-state index in [4.69, 9.17) is 10.8 Å². The van der Waals surface area contributed by atoms with Gasteiger partial charge in [-0.05, 0) is 81.2 Å². The van der Waals surface area contributed by atoms with Gasteiger partial charge in [0.2, 0.25) is 0 Å². The Morgan fingerprint density at radius 1 is 1.25 bits per heavy atom. The summed E-state index contributed by atoms with van der Waals surface area (Å²) in [6.07, 6.45) is 10.9. The molecule has 4 saturated carbocycles. The lowest BCUT2D eigenvalue weighted by atomic mass is 9.53. The van der Waals surface area contributed by atoms with Crippen molar-refractivity contribution in [2.45, 2.75) is 63.8 Å². The fraction of sp³-hybridized carbons (Fsp3) is 0.824. The monoisotopic (exact) mass is 273 g/mol. The van der Waals surface area contributed by atoms with Crippen molar-refractivity contribution >= 4 is 0 Å². The summed E-state index contributed by atoms with van der Waals surface area (Å²) in [5, 5.41) is 4.93. The number of rotatable bonds is 3. The van der Waals surface area contributed by atoms with Crippen LogP contribution < -0.4 is 5.73 Å². The molecule has 4 aliphatic rings. The van der Waals surface area contributed by atoms with Crippen molar-refractivity contribution in [2.24, 2.45) is 23.5 Å². The molecule has 0 amide bonds. The number of hydrogen-bond acceptors (Lipinski definition) is 2. The van der Waals surface area contributed by atoms with Crippen LogP contribution in [0, 0.1) is 24.7 Å². The fourth-order valence-corrected chi connectivity index (χ4v) is 5.67. The van der Waals surface area contributed by atoms with Gasteiger partial charge in [-0.25, -0.2) is 0 Å². The molecule has 0 saturated heterocycles. The van der Waals surface area contributed by atoms with Gasteiger partial charge in [-0.2, -0.15) is 5.10 Å². The highest BCUT2D eigenvalue weighted by atomic mass is 15.3. The van der Waals surface area contributed by atoms with E-state index in [2.05, 4.69) is 24.7 Å². The Balaban J connectivity index is 1.70. The van der Waals surface area contributed by atoms with Gasteiger partial charge in [0.25, 0.3) is 0 Å². The summed E-state index contributed by atoms with van der Waals surface area (Å²) in [6, 6.07) is 0. The van der Waals surface area contributed by atoms with Gasteiger partial charge < -0.3 is 5.73 Å². The number of nitrogens with two attached hydrogens (primary N) is 1. The highest BCUT2D eigenvalue weighted by Gasteiger charge is 2.52. The second-order valence-electron chi connectivity index (χ2n) is 7.89. The molecule has 4 aliphatic carbocycles. The summed E-state index contributed by atoms with van der Waals surface area (Å²) in [7, 11) is 0. The van der Waals surface area contributed by atoms with Crippen LogP contribution in [0.15, 0.2) is 6.20 Å². The SMILES string of the molecule is Cc1nn(C23CC4CC(CC(C4)C2)C3)cc1C(C)CN. The van der Waals surface area contributed by atoms with Crippen molar-refractivity contribution < 1.29 is 0 Å². The molecule has 0 aliphatic heterocycles. The summed E-state index contributed by atoms with van der Waals surface area (Å²) in [4.78, 5) is 0. The molecular weight excluding hydrogens is 246 g/mol. The Morgan fingerprint density at radius 2 is 1.80 bits per heavy atom. The average molecular weight is 273 g/mol. The molecule has 1 aromatic heterocycles. The normalized spacial score (nSPS) is 40.2. The van der Waals surface area contributed by atoms with E-state index in [0.717, 1.165) is 17.8 Å². The Bertz CT molecular complexity index is 481. The zero-order chi connectivity index (χ0) is 13.9. The van der Waals surface area contributed by atoms with Gasteiger partial charge >= 0.3 is 0 Å². The van der Waals surface area contributed by atoms with Gasteiger partial charge in [-0.15, -0.1) is 0 Å². The maximum atomic E-state index is 5.85. The third kappa shape index (κ3) is 1.78. The largest absolute Gasteiger partial charge is 0.330 e. The lowest BCUT2D eigenvalue weighted by Crippen LogP contribution is -2.52. The maximum Gasteiger partial charge on any atom is 0.0635 e. The van der Waals surface area contributed by atoms with E-state index in [-0.39, 0.29) is 0 Å². The second-order valence-corrected chi connectivity index (χ2v) is 7.89. The van der Waals surface area contributed by atoms with E-state index >= 15 is 0 Å². The van der Waals surface area contributed by atoms with Crippen LogP contribution >= 0.6 is 0 Å². The standard InChI is InChI=1S/C17H27N3/c1-11(9-18)16-10-20(19-12(16)2)17-6-13-3-14(7-17)5-15(4-13)8-17/h10-11,13-15H,3-9,18H2,1-2H3. The first-order valence-electron chi connectivity index (χ1n) is 8.36. The molecule has 0 radical (unpaired) electrons. The molecule has 4 bridgehead atoms. The smallest absolute Gasteiger partial charge is 0.0635 e. The van der Waals surface area contributed by atoms with Crippen LogP contribution in [0.1, 0.15) is 62.6 Å². The third-order valence-corrected chi connectivity index (χ3v) is 6.31. The minimum absolute atomic E-state index is 0.353. The van der Waals surface area contributed by atoms with Crippen molar-refractivity contribution in [3.05, 3.63) is 17.5 Å². The maximum absolute atomic E-state index is 5.85. The van der Waals surface area contributed by atoms with Crippen LogP contribution in [0.25, 0.3) is 0 Å². The summed E-state index contributed by atoms with van der Waals surface area (Å²) < 4.78 is 2.37. The molecule has 2 N–H and O–H groups in total. The first-order valence-corrected chi connectivity index (χ1v) is 8.36. The fourth-order valence-electron chi connectivity index (χ4n) is 5.67. The molecule has 1 unspecified atom stereocenters. The van der Waals surface area contributed by atoms with Crippen LogP contribution in [-0.4, -0.2) is 16.3 Å². The van der Waals surface area contributed by atoms with E-state index in [0.29, 0.717) is 18.0 Å². The Hall–Kier alpha value is -0.830. The molecular formula is C17H27N3. The molecule has 4 fully saturated rings. The molecule has 1 aromatic rings. The molecule has 5 rings (SSSR count). The van der Waals surface area contributed by atoms with E-state index in [1.165, 1.54) is 49.8 Å². The van der Waals surface area contributed by atoms with Gasteiger partial charge in [0, 0.05) is 6.20 Å². The van der Waals surface area contributed by atoms with E-state index in [1.54, 1.807) is 0 Å². The summed E-state index contributed by atoms with van der Waals surface area (Å²) >= 11 is 0. The molecule has 110 valence electrons.